The molecule has 5 rings (SSSR count). The van der Waals surface area contributed by atoms with Crippen LogP contribution in [0.3, 0.4) is 0 Å². The van der Waals surface area contributed by atoms with Crippen molar-refractivity contribution in [1.82, 2.24) is 19.8 Å². The lowest BCUT2D eigenvalue weighted by Crippen LogP contribution is -2.55. The van der Waals surface area contributed by atoms with Crippen molar-refractivity contribution < 1.29 is 4.79 Å². The van der Waals surface area contributed by atoms with Gasteiger partial charge in [0.05, 0.1) is 17.1 Å². The maximum atomic E-state index is 12.8. The number of fused-ring (bicyclic) bond motifs is 1. The van der Waals surface area contributed by atoms with Crippen LogP contribution in [0.4, 0.5) is 5.69 Å². The number of benzene rings is 2. The highest BCUT2D eigenvalue weighted by Crippen LogP contribution is 2.27. The SMILES string of the molecule is Cl.Cn1c(-c2cccc(N3CCN(C(=O)C4CCCCN4)CC3)c2)nc2ccccc21. The molecule has 1 N–H and O–H groups in total. The van der Waals surface area contributed by atoms with E-state index in [4.69, 9.17) is 4.98 Å². The summed E-state index contributed by atoms with van der Waals surface area (Å²) in [5.41, 5.74) is 4.48. The van der Waals surface area contributed by atoms with Gasteiger partial charge < -0.3 is 19.7 Å². The van der Waals surface area contributed by atoms with E-state index in [1.54, 1.807) is 0 Å². The summed E-state index contributed by atoms with van der Waals surface area (Å²) in [7, 11) is 2.07. The first-order chi connectivity index (χ1) is 14.7. The van der Waals surface area contributed by atoms with Gasteiger partial charge in [-0.1, -0.05) is 30.7 Å². The van der Waals surface area contributed by atoms with Gasteiger partial charge >= 0.3 is 0 Å². The molecule has 2 fully saturated rings. The zero-order valence-electron chi connectivity index (χ0n) is 18.0. The fourth-order valence-corrected chi connectivity index (χ4v) is 4.71. The van der Waals surface area contributed by atoms with E-state index in [2.05, 4.69) is 58.2 Å². The number of carbonyl (C=O) groups excluding carboxylic acids is 1. The average Bonchev–Trinajstić information content (AvgIpc) is 3.16. The topological polar surface area (TPSA) is 53.4 Å². The summed E-state index contributed by atoms with van der Waals surface area (Å²) in [5, 5.41) is 3.39. The van der Waals surface area contributed by atoms with Gasteiger partial charge in [-0.05, 0) is 43.7 Å². The number of para-hydroxylation sites is 2. The predicted octanol–water partition coefficient (Wildman–Crippen LogP) is 3.45. The maximum Gasteiger partial charge on any atom is 0.239 e. The number of amides is 1. The molecule has 2 aliphatic heterocycles. The second-order valence-electron chi connectivity index (χ2n) is 8.35. The molecule has 3 aromatic rings. The molecule has 0 saturated carbocycles. The van der Waals surface area contributed by atoms with E-state index in [1.807, 2.05) is 17.0 Å². The van der Waals surface area contributed by atoms with Gasteiger partial charge in [0, 0.05) is 44.5 Å². The first kappa shape index (κ1) is 21.7. The number of hydrogen-bond acceptors (Lipinski definition) is 4. The molecule has 164 valence electrons. The first-order valence-electron chi connectivity index (χ1n) is 11.0. The van der Waals surface area contributed by atoms with Crippen LogP contribution in [0, 0.1) is 0 Å². The molecule has 0 radical (unpaired) electrons. The Morgan fingerprint density at radius 2 is 1.84 bits per heavy atom. The highest BCUT2D eigenvalue weighted by atomic mass is 35.5. The Labute approximate surface area is 189 Å². The number of imidazole rings is 1. The van der Waals surface area contributed by atoms with E-state index in [0.717, 1.165) is 68.0 Å². The minimum atomic E-state index is 0. The Kier molecular flexibility index (Phi) is 6.49. The number of anilines is 1. The molecule has 6 nitrogen and oxygen atoms in total. The van der Waals surface area contributed by atoms with Crippen molar-refractivity contribution in [2.75, 3.05) is 37.6 Å². The third-order valence-corrected chi connectivity index (χ3v) is 6.46. The fraction of sp³-hybridized carbons (Fsp3) is 0.417. The molecule has 7 heteroatoms. The van der Waals surface area contributed by atoms with Gasteiger partial charge in [0.1, 0.15) is 5.82 Å². The third kappa shape index (κ3) is 4.27. The Bertz CT molecular complexity index is 1050. The van der Waals surface area contributed by atoms with Gasteiger partial charge in [-0.25, -0.2) is 4.98 Å². The van der Waals surface area contributed by atoms with Crippen molar-refractivity contribution in [3.05, 3.63) is 48.5 Å². The van der Waals surface area contributed by atoms with Gasteiger partial charge in [0.25, 0.3) is 0 Å². The Morgan fingerprint density at radius 3 is 2.58 bits per heavy atom. The predicted molar refractivity (Wildman–Crippen MR) is 128 cm³/mol. The van der Waals surface area contributed by atoms with Crippen molar-refractivity contribution in [2.24, 2.45) is 7.05 Å². The third-order valence-electron chi connectivity index (χ3n) is 6.46. The van der Waals surface area contributed by atoms with Crippen molar-refractivity contribution in [2.45, 2.75) is 25.3 Å². The van der Waals surface area contributed by atoms with Crippen LogP contribution in [0.2, 0.25) is 0 Å². The Balaban J connectivity index is 0.00000231. The summed E-state index contributed by atoms with van der Waals surface area (Å²) < 4.78 is 2.15. The zero-order valence-corrected chi connectivity index (χ0v) is 18.8. The smallest absolute Gasteiger partial charge is 0.239 e. The largest absolute Gasteiger partial charge is 0.368 e. The number of nitrogens with zero attached hydrogens (tertiary/aromatic N) is 4. The summed E-state index contributed by atoms with van der Waals surface area (Å²) >= 11 is 0. The number of carbonyl (C=O) groups is 1. The molecule has 1 unspecified atom stereocenters. The Hall–Kier alpha value is -2.57. The number of aryl methyl sites for hydroxylation is 1. The molecule has 31 heavy (non-hydrogen) atoms. The Morgan fingerprint density at radius 1 is 1.03 bits per heavy atom. The van der Waals surface area contributed by atoms with E-state index < -0.39 is 0 Å². The molecule has 0 aliphatic carbocycles. The molecule has 1 atom stereocenters. The summed E-state index contributed by atoms with van der Waals surface area (Å²) in [6, 6.07) is 16.9. The van der Waals surface area contributed by atoms with Gasteiger partial charge in [-0.15, -0.1) is 12.4 Å². The van der Waals surface area contributed by atoms with Crippen molar-refractivity contribution in [3.8, 4) is 11.4 Å². The van der Waals surface area contributed by atoms with Crippen LogP contribution in [0.1, 0.15) is 19.3 Å². The zero-order chi connectivity index (χ0) is 20.5. The molecule has 2 aromatic carbocycles. The molecule has 3 heterocycles. The molecule has 2 saturated heterocycles. The van der Waals surface area contributed by atoms with Gasteiger partial charge in [0.2, 0.25) is 5.91 Å². The lowest BCUT2D eigenvalue weighted by atomic mass is 10.0. The van der Waals surface area contributed by atoms with Crippen LogP contribution in [-0.2, 0) is 11.8 Å². The molecular weight excluding hydrogens is 410 g/mol. The number of piperazine rings is 1. The lowest BCUT2D eigenvalue weighted by Gasteiger charge is -2.38. The van der Waals surface area contributed by atoms with Crippen LogP contribution >= 0.6 is 12.4 Å². The first-order valence-corrected chi connectivity index (χ1v) is 11.0. The van der Waals surface area contributed by atoms with E-state index in [-0.39, 0.29) is 24.4 Å². The van der Waals surface area contributed by atoms with Gasteiger partial charge in [-0.2, -0.15) is 0 Å². The fourth-order valence-electron chi connectivity index (χ4n) is 4.71. The van der Waals surface area contributed by atoms with Crippen molar-refractivity contribution >= 4 is 35.0 Å². The molecule has 0 bridgehead atoms. The minimum absolute atomic E-state index is 0. The monoisotopic (exact) mass is 439 g/mol. The standard InChI is InChI=1S/C24H29N5O.ClH/c1-27-22-11-3-2-9-20(22)26-23(27)18-7-6-8-19(17-18)28-13-15-29(16-14-28)24(30)21-10-4-5-12-25-21;/h2-3,6-9,11,17,21,25H,4-5,10,12-16H2,1H3;1H. The van der Waals surface area contributed by atoms with E-state index in [0.29, 0.717) is 0 Å². The molecule has 1 aromatic heterocycles. The lowest BCUT2D eigenvalue weighted by molar-refractivity contribution is -0.134. The van der Waals surface area contributed by atoms with E-state index in [9.17, 15) is 4.79 Å². The van der Waals surface area contributed by atoms with Crippen LogP contribution in [-0.4, -0.2) is 59.1 Å². The number of piperidine rings is 1. The molecule has 2 aliphatic rings. The normalized spacial score (nSPS) is 19.3. The number of nitrogens with one attached hydrogen (secondary N) is 1. The molecule has 1 amide bonds. The van der Waals surface area contributed by atoms with Crippen LogP contribution in [0.25, 0.3) is 22.4 Å². The maximum absolute atomic E-state index is 12.8. The highest BCUT2D eigenvalue weighted by molar-refractivity contribution is 5.85. The summed E-state index contributed by atoms with van der Waals surface area (Å²) in [6.45, 7) is 4.27. The van der Waals surface area contributed by atoms with Crippen LogP contribution in [0.5, 0.6) is 0 Å². The second kappa shape index (κ2) is 9.28. The molecule has 0 spiro atoms. The number of hydrogen-bond donors (Lipinski definition) is 1. The second-order valence-corrected chi connectivity index (χ2v) is 8.35. The summed E-state index contributed by atoms with van der Waals surface area (Å²) in [5.74, 6) is 1.26. The van der Waals surface area contributed by atoms with Crippen molar-refractivity contribution in [3.63, 3.8) is 0 Å². The number of aromatic nitrogens is 2. The van der Waals surface area contributed by atoms with Crippen molar-refractivity contribution in [1.29, 1.82) is 0 Å². The van der Waals surface area contributed by atoms with Gasteiger partial charge in [-0.3, -0.25) is 4.79 Å². The quantitative estimate of drug-likeness (QED) is 0.679. The van der Waals surface area contributed by atoms with E-state index in [1.165, 1.54) is 12.1 Å². The van der Waals surface area contributed by atoms with Crippen LogP contribution < -0.4 is 10.2 Å². The van der Waals surface area contributed by atoms with E-state index >= 15 is 0 Å². The van der Waals surface area contributed by atoms with Gasteiger partial charge in [0.15, 0.2) is 0 Å². The summed E-state index contributed by atoms with van der Waals surface area (Å²) in [6.07, 6.45) is 3.30. The highest BCUT2D eigenvalue weighted by Gasteiger charge is 2.28. The minimum Gasteiger partial charge on any atom is -0.368 e. The summed E-state index contributed by atoms with van der Waals surface area (Å²) in [4.78, 5) is 22.0. The average molecular weight is 440 g/mol. The number of halogens is 1. The number of rotatable bonds is 3. The molecular formula is C24H30ClN5O. The van der Waals surface area contributed by atoms with Crippen LogP contribution in [0.15, 0.2) is 48.5 Å².